The molecule has 2 aromatic rings. The maximum absolute atomic E-state index is 12.6. The lowest BCUT2D eigenvalue weighted by molar-refractivity contribution is 0.0753. The van der Waals surface area contributed by atoms with Crippen molar-refractivity contribution < 1.29 is 9.53 Å². The van der Waals surface area contributed by atoms with Crippen LogP contribution in [0.15, 0.2) is 18.2 Å². The first-order valence-electron chi connectivity index (χ1n) is 6.79. The lowest BCUT2D eigenvalue weighted by Crippen LogP contribution is -2.33. The van der Waals surface area contributed by atoms with Crippen molar-refractivity contribution in [2.45, 2.75) is 25.8 Å². The van der Waals surface area contributed by atoms with Gasteiger partial charge in [0.1, 0.15) is 10.6 Å². The number of amides is 1. The van der Waals surface area contributed by atoms with Gasteiger partial charge in [-0.05, 0) is 38.0 Å². The summed E-state index contributed by atoms with van der Waals surface area (Å²) in [4.78, 5) is 15.2. The van der Waals surface area contributed by atoms with Crippen LogP contribution < -0.4 is 10.5 Å². The number of benzene rings is 1. The van der Waals surface area contributed by atoms with Crippen molar-refractivity contribution in [3.05, 3.63) is 23.1 Å². The van der Waals surface area contributed by atoms with Crippen molar-refractivity contribution in [3.8, 4) is 5.75 Å². The summed E-state index contributed by atoms with van der Waals surface area (Å²) in [6, 6.07) is 6.03. The van der Waals surface area contributed by atoms with Crippen LogP contribution in [0.1, 0.15) is 29.4 Å². The largest absolute Gasteiger partial charge is 0.497 e. The Kier molecular flexibility index (Phi) is 3.30. The Morgan fingerprint density at radius 1 is 1.50 bits per heavy atom. The molecule has 106 valence electrons. The molecule has 1 aromatic heterocycles. The number of hydrogen-bond donors (Lipinski definition) is 1. The van der Waals surface area contributed by atoms with Gasteiger partial charge in [-0.15, -0.1) is 11.3 Å². The third-order valence-corrected chi connectivity index (χ3v) is 5.10. The van der Waals surface area contributed by atoms with E-state index < -0.39 is 0 Å². The zero-order valence-corrected chi connectivity index (χ0v) is 12.5. The second-order valence-corrected chi connectivity index (χ2v) is 6.25. The number of hydrogen-bond acceptors (Lipinski definition) is 4. The first kappa shape index (κ1) is 13.2. The molecule has 3 rings (SSSR count). The molecule has 1 unspecified atom stereocenters. The number of nitrogens with zero attached hydrogens (tertiary/aromatic N) is 1. The standard InChI is InChI=1S/C15H18N2O2S/c1-9-4-3-7-17(9)15(18)14-13(16)11-6-5-10(19-2)8-12(11)20-14/h5-6,8-9H,3-4,7,16H2,1-2H3. The van der Waals surface area contributed by atoms with Crippen LogP contribution in [-0.2, 0) is 0 Å². The lowest BCUT2D eigenvalue weighted by Gasteiger charge is -2.20. The van der Waals surface area contributed by atoms with Crippen LogP contribution in [0.5, 0.6) is 5.75 Å². The minimum absolute atomic E-state index is 0.0627. The zero-order valence-electron chi connectivity index (χ0n) is 11.7. The summed E-state index contributed by atoms with van der Waals surface area (Å²) >= 11 is 1.45. The molecule has 1 atom stereocenters. The molecule has 1 aromatic carbocycles. The summed E-state index contributed by atoms with van der Waals surface area (Å²) in [7, 11) is 1.64. The van der Waals surface area contributed by atoms with Crippen LogP contribution in [0, 0.1) is 0 Å². The number of thiophene rings is 1. The number of likely N-dealkylation sites (tertiary alicyclic amines) is 1. The van der Waals surface area contributed by atoms with E-state index in [0.717, 1.165) is 35.2 Å². The number of methoxy groups -OCH3 is 1. The maximum atomic E-state index is 12.6. The Labute approximate surface area is 122 Å². The van der Waals surface area contributed by atoms with Crippen LogP contribution in [0.25, 0.3) is 10.1 Å². The number of fused-ring (bicyclic) bond motifs is 1. The van der Waals surface area contributed by atoms with Gasteiger partial charge in [0.25, 0.3) is 5.91 Å². The molecule has 2 N–H and O–H groups in total. The smallest absolute Gasteiger partial charge is 0.266 e. The van der Waals surface area contributed by atoms with Gasteiger partial charge in [-0.25, -0.2) is 0 Å². The summed E-state index contributed by atoms with van der Waals surface area (Å²) < 4.78 is 6.22. The number of anilines is 1. The zero-order chi connectivity index (χ0) is 14.3. The van der Waals surface area contributed by atoms with E-state index in [1.165, 1.54) is 11.3 Å². The highest BCUT2D eigenvalue weighted by molar-refractivity contribution is 7.21. The second kappa shape index (κ2) is 4.98. The average molecular weight is 290 g/mol. The van der Waals surface area contributed by atoms with E-state index >= 15 is 0 Å². The molecule has 0 spiro atoms. The number of carbonyl (C=O) groups excluding carboxylic acids is 1. The number of rotatable bonds is 2. The van der Waals surface area contributed by atoms with Crippen molar-refractivity contribution in [3.63, 3.8) is 0 Å². The molecule has 0 saturated carbocycles. The van der Waals surface area contributed by atoms with Crippen molar-refractivity contribution in [2.75, 3.05) is 19.4 Å². The highest BCUT2D eigenvalue weighted by atomic mass is 32.1. The molecule has 1 saturated heterocycles. The Bertz CT molecular complexity index is 665. The van der Waals surface area contributed by atoms with E-state index in [4.69, 9.17) is 10.5 Å². The monoisotopic (exact) mass is 290 g/mol. The van der Waals surface area contributed by atoms with Crippen LogP contribution in [0.4, 0.5) is 5.69 Å². The van der Waals surface area contributed by atoms with Crippen molar-refractivity contribution in [1.82, 2.24) is 4.90 Å². The van der Waals surface area contributed by atoms with Gasteiger partial charge in [-0.2, -0.15) is 0 Å². The predicted molar refractivity (Wildman–Crippen MR) is 82.5 cm³/mol. The van der Waals surface area contributed by atoms with Crippen molar-refractivity contribution >= 4 is 33.0 Å². The summed E-state index contributed by atoms with van der Waals surface area (Å²) in [5.41, 5.74) is 6.76. The number of nitrogen functional groups attached to an aromatic ring is 1. The molecule has 0 radical (unpaired) electrons. The highest BCUT2D eigenvalue weighted by Crippen LogP contribution is 2.37. The van der Waals surface area contributed by atoms with Crippen LogP contribution >= 0.6 is 11.3 Å². The molecule has 20 heavy (non-hydrogen) atoms. The van der Waals surface area contributed by atoms with Crippen molar-refractivity contribution in [1.29, 1.82) is 0 Å². The molecular formula is C15H18N2O2S. The van der Waals surface area contributed by atoms with Crippen LogP contribution in [-0.4, -0.2) is 30.5 Å². The first-order valence-corrected chi connectivity index (χ1v) is 7.60. The second-order valence-electron chi connectivity index (χ2n) is 5.20. The van der Waals surface area contributed by atoms with E-state index in [2.05, 4.69) is 6.92 Å². The number of carbonyl (C=O) groups is 1. The fraction of sp³-hybridized carbons (Fsp3) is 0.400. The summed E-state index contributed by atoms with van der Waals surface area (Å²) in [5, 5.41) is 0.936. The number of ether oxygens (including phenoxy) is 1. The topological polar surface area (TPSA) is 55.6 Å². The Morgan fingerprint density at radius 3 is 2.95 bits per heavy atom. The SMILES string of the molecule is COc1ccc2c(N)c(C(=O)N3CCCC3C)sc2c1. The molecule has 4 nitrogen and oxygen atoms in total. The molecule has 0 aliphatic carbocycles. The van der Waals surface area contributed by atoms with E-state index in [9.17, 15) is 4.79 Å². The minimum Gasteiger partial charge on any atom is -0.497 e. The quantitative estimate of drug-likeness (QED) is 0.924. The van der Waals surface area contributed by atoms with Gasteiger partial charge in [-0.3, -0.25) is 4.79 Å². The fourth-order valence-corrected chi connectivity index (χ4v) is 3.86. The highest BCUT2D eigenvalue weighted by Gasteiger charge is 2.29. The van der Waals surface area contributed by atoms with E-state index in [1.54, 1.807) is 7.11 Å². The molecular weight excluding hydrogens is 272 g/mol. The molecule has 1 fully saturated rings. The molecule has 2 heterocycles. The van der Waals surface area contributed by atoms with E-state index in [1.807, 2.05) is 23.1 Å². The predicted octanol–water partition coefficient (Wildman–Crippen LogP) is 3.12. The average Bonchev–Trinajstić information content (AvgIpc) is 3.02. The van der Waals surface area contributed by atoms with Gasteiger partial charge >= 0.3 is 0 Å². The van der Waals surface area contributed by atoms with E-state index in [0.29, 0.717) is 16.6 Å². The van der Waals surface area contributed by atoms with Crippen molar-refractivity contribution in [2.24, 2.45) is 0 Å². The van der Waals surface area contributed by atoms with E-state index in [-0.39, 0.29) is 5.91 Å². The third kappa shape index (κ3) is 2.02. The molecule has 1 aliphatic heterocycles. The van der Waals surface area contributed by atoms with Crippen LogP contribution in [0.2, 0.25) is 0 Å². The van der Waals surface area contributed by atoms with Gasteiger partial charge in [0.05, 0.1) is 12.8 Å². The van der Waals surface area contributed by atoms with Gasteiger partial charge in [0, 0.05) is 22.7 Å². The summed E-state index contributed by atoms with van der Waals surface area (Å²) in [5.74, 6) is 0.847. The van der Waals surface area contributed by atoms with Gasteiger partial charge in [0.15, 0.2) is 0 Å². The molecule has 1 aliphatic rings. The Morgan fingerprint density at radius 2 is 2.30 bits per heavy atom. The third-order valence-electron chi connectivity index (χ3n) is 3.94. The summed E-state index contributed by atoms with van der Waals surface area (Å²) in [6.45, 7) is 2.93. The minimum atomic E-state index is 0.0627. The lowest BCUT2D eigenvalue weighted by atomic mass is 10.2. The normalized spacial score (nSPS) is 18.7. The number of nitrogens with two attached hydrogens (primary N) is 1. The van der Waals surface area contributed by atoms with Gasteiger partial charge in [-0.1, -0.05) is 0 Å². The first-order chi connectivity index (χ1) is 9.61. The summed E-state index contributed by atoms with van der Waals surface area (Å²) in [6.07, 6.45) is 2.15. The fourth-order valence-electron chi connectivity index (χ4n) is 2.75. The van der Waals surface area contributed by atoms with Gasteiger partial charge in [0.2, 0.25) is 0 Å². The maximum Gasteiger partial charge on any atom is 0.266 e. The Balaban J connectivity index is 2.03. The Hall–Kier alpha value is -1.75. The van der Waals surface area contributed by atoms with Crippen LogP contribution in [0.3, 0.4) is 0 Å². The molecule has 0 bridgehead atoms. The molecule has 5 heteroatoms. The van der Waals surface area contributed by atoms with Gasteiger partial charge < -0.3 is 15.4 Å². The molecule has 1 amide bonds.